The molecule has 0 N–H and O–H groups in total. The molecule has 1 saturated heterocycles. The van der Waals surface area contributed by atoms with Crippen LogP contribution in [0, 0.1) is 11.3 Å². The largest absolute Gasteiger partial charge is 1.00 e. The van der Waals surface area contributed by atoms with Gasteiger partial charge in [-0.2, -0.15) is 5.26 Å². The first-order chi connectivity index (χ1) is 8.69. The van der Waals surface area contributed by atoms with Gasteiger partial charge in [-0.3, -0.25) is 0 Å². The van der Waals surface area contributed by atoms with Gasteiger partial charge in [-0.25, -0.2) is 4.79 Å². The molecule has 1 aliphatic rings. The molecule has 102 valence electrons. The summed E-state index contributed by atoms with van der Waals surface area (Å²) < 4.78 is 5.46. The van der Waals surface area contributed by atoms with E-state index in [1.807, 2.05) is 13.1 Å². The number of benzene rings is 1. The lowest BCUT2D eigenvalue weighted by Crippen LogP contribution is -3.00. The van der Waals surface area contributed by atoms with Gasteiger partial charge < -0.3 is 22.0 Å². The molecule has 0 saturated carbocycles. The molecular weight excluding hydrogens is 264 g/mol. The van der Waals surface area contributed by atoms with Crippen molar-refractivity contribution in [2.24, 2.45) is 0 Å². The molecular formula is C14H16ClN2O2-. The van der Waals surface area contributed by atoms with Crippen LogP contribution in [0.25, 0.3) is 0 Å². The number of rotatable bonds is 2. The van der Waals surface area contributed by atoms with E-state index in [2.05, 4.69) is 4.90 Å². The summed E-state index contributed by atoms with van der Waals surface area (Å²) in [7, 11) is 2.03. The summed E-state index contributed by atoms with van der Waals surface area (Å²) in [6.45, 7) is 1.85. The van der Waals surface area contributed by atoms with Gasteiger partial charge in [0.25, 0.3) is 0 Å². The second-order valence-electron chi connectivity index (χ2n) is 4.62. The highest BCUT2D eigenvalue weighted by atomic mass is 35.5. The summed E-state index contributed by atoms with van der Waals surface area (Å²) in [6, 6.07) is 8.54. The maximum atomic E-state index is 11.9. The molecule has 1 heterocycles. The van der Waals surface area contributed by atoms with Crippen molar-refractivity contribution in [1.82, 2.24) is 4.90 Å². The lowest BCUT2D eigenvalue weighted by molar-refractivity contribution is -0.0000827. The summed E-state index contributed by atoms with van der Waals surface area (Å²) >= 11 is 0. The van der Waals surface area contributed by atoms with E-state index >= 15 is 0 Å². The maximum Gasteiger partial charge on any atom is 0.338 e. The second-order valence-corrected chi connectivity index (χ2v) is 4.62. The molecule has 1 aromatic rings. The van der Waals surface area contributed by atoms with Crippen molar-refractivity contribution in [1.29, 1.82) is 5.26 Å². The van der Waals surface area contributed by atoms with Crippen LogP contribution >= 0.6 is 0 Å². The van der Waals surface area contributed by atoms with E-state index in [1.165, 1.54) is 0 Å². The molecule has 19 heavy (non-hydrogen) atoms. The Morgan fingerprint density at radius 1 is 1.42 bits per heavy atom. The van der Waals surface area contributed by atoms with Crippen molar-refractivity contribution in [3.63, 3.8) is 0 Å². The summed E-state index contributed by atoms with van der Waals surface area (Å²) in [4.78, 5) is 14.1. The fourth-order valence-corrected chi connectivity index (χ4v) is 2.12. The number of ether oxygens (including phenoxy) is 1. The van der Waals surface area contributed by atoms with Gasteiger partial charge in [-0.1, -0.05) is 0 Å². The van der Waals surface area contributed by atoms with E-state index in [9.17, 15) is 4.79 Å². The Morgan fingerprint density at radius 2 is 2.11 bits per heavy atom. The molecule has 1 unspecified atom stereocenters. The molecule has 0 aliphatic carbocycles. The highest BCUT2D eigenvalue weighted by molar-refractivity contribution is 5.89. The summed E-state index contributed by atoms with van der Waals surface area (Å²) in [5, 5.41) is 8.69. The zero-order chi connectivity index (χ0) is 13.0. The minimum Gasteiger partial charge on any atom is -1.00 e. The van der Waals surface area contributed by atoms with Gasteiger partial charge in [0.15, 0.2) is 0 Å². The number of hydrogen-bond acceptors (Lipinski definition) is 4. The van der Waals surface area contributed by atoms with Gasteiger partial charge in [-0.15, -0.1) is 0 Å². The molecule has 1 atom stereocenters. The Morgan fingerprint density at radius 3 is 2.68 bits per heavy atom. The van der Waals surface area contributed by atoms with Crippen molar-refractivity contribution in [3.8, 4) is 6.07 Å². The standard InChI is InChI=1S/C14H16N2O2.ClH/c1-16-8-2-3-13(10-16)18-14(17)12-6-4-11(9-15)5-7-12;/h4-7,13H,2-3,8,10H2,1H3;1H/p-1. The van der Waals surface area contributed by atoms with Crippen molar-refractivity contribution < 1.29 is 21.9 Å². The van der Waals surface area contributed by atoms with Crippen LogP contribution < -0.4 is 12.4 Å². The number of likely N-dealkylation sites (tertiary alicyclic amines) is 1. The smallest absolute Gasteiger partial charge is 0.338 e. The van der Waals surface area contributed by atoms with E-state index in [4.69, 9.17) is 10.00 Å². The molecule has 1 fully saturated rings. The van der Waals surface area contributed by atoms with Gasteiger partial charge >= 0.3 is 5.97 Å². The van der Waals surface area contributed by atoms with Crippen molar-refractivity contribution in [3.05, 3.63) is 35.4 Å². The van der Waals surface area contributed by atoms with Crippen LogP contribution in [0.2, 0.25) is 0 Å². The van der Waals surface area contributed by atoms with Gasteiger partial charge in [0.1, 0.15) is 6.10 Å². The molecule has 2 rings (SSSR count). The van der Waals surface area contributed by atoms with Crippen molar-refractivity contribution >= 4 is 5.97 Å². The van der Waals surface area contributed by atoms with E-state index in [0.29, 0.717) is 11.1 Å². The zero-order valence-corrected chi connectivity index (χ0v) is 11.6. The fraction of sp³-hybridized carbons (Fsp3) is 0.429. The van der Waals surface area contributed by atoms with E-state index in [0.717, 1.165) is 25.9 Å². The molecule has 5 heteroatoms. The normalized spacial score (nSPS) is 19.1. The minimum atomic E-state index is -0.306. The van der Waals surface area contributed by atoms with Crippen LogP contribution in [0.15, 0.2) is 24.3 Å². The van der Waals surface area contributed by atoms with E-state index < -0.39 is 0 Å². The third kappa shape index (κ3) is 4.23. The number of hydrogen-bond donors (Lipinski definition) is 0. The predicted molar refractivity (Wildman–Crippen MR) is 67.1 cm³/mol. The van der Waals surface area contributed by atoms with Crippen molar-refractivity contribution in [2.75, 3.05) is 20.1 Å². The SMILES string of the molecule is CN1CCCC(OC(=O)c2ccc(C#N)cc2)C1.[Cl-]. The number of nitriles is 1. The third-order valence-corrected chi connectivity index (χ3v) is 3.10. The maximum absolute atomic E-state index is 11.9. The van der Waals surface area contributed by atoms with Crippen LogP contribution in [0.1, 0.15) is 28.8 Å². The summed E-state index contributed by atoms with van der Waals surface area (Å²) in [5.41, 5.74) is 1.05. The van der Waals surface area contributed by atoms with Gasteiger partial charge in [0.2, 0.25) is 0 Å². The summed E-state index contributed by atoms with van der Waals surface area (Å²) in [6.07, 6.45) is 1.96. The number of nitrogens with zero attached hydrogens (tertiary/aromatic N) is 2. The van der Waals surface area contributed by atoms with Crippen LogP contribution in [-0.2, 0) is 4.74 Å². The predicted octanol–water partition coefficient (Wildman–Crippen LogP) is -1.19. The third-order valence-electron chi connectivity index (χ3n) is 3.10. The molecule has 0 spiro atoms. The molecule has 0 aromatic heterocycles. The van der Waals surface area contributed by atoms with Gasteiger partial charge in [0.05, 0.1) is 17.2 Å². The molecule has 4 nitrogen and oxygen atoms in total. The number of carbonyl (C=O) groups is 1. The molecule has 1 aromatic carbocycles. The Hall–Kier alpha value is -1.57. The van der Waals surface area contributed by atoms with Crippen LogP contribution in [0.3, 0.4) is 0 Å². The topological polar surface area (TPSA) is 53.3 Å². The van der Waals surface area contributed by atoms with Crippen LogP contribution in [0.5, 0.6) is 0 Å². The Labute approximate surface area is 119 Å². The first-order valence-electron chi connectivity index (χ1n) is 6.09. The quantitative estimate of drug-likeness (QED) is 0.639. The van der Waals surface area contributed by atoms with Gasteiger partial charge in [-0.05, 0) is 50.7 Å². The van der Waals surface area contributed by atoms with Gasteiger partial charge in [0, 0.05) is 6.54 Å². The first-order valence-corrected chi connectivity index (χ1v) is 6.09. The van der Waals surface area contributed by atoms with E-state index in [-0.39, 0.29) is 24.5 Å². The number of carbonyl (C=O) groups excluding carboxylic acids is 1. The Bertz CT molecular complexity index is 467. The molecule has 0 radical (unpaired) electrons. The zero-order valence-electron chi connectivity index (χ0n) is 10.8. The number of halogens is 1. The Kier molecular flexibility index (Phi) is 5.81. The highest BCUT2D eigenvalue weighted by Gasteiger charge is 2.21. The monoisotopic (exact) mass is 279 g/mol. The van der Waals surface area contributed by atoms with E-state index in [1.54, 1.807) is 24.3 Å². The van der Waals surface area contributed by atoms with Crippen LogP contribution in [0.4, 0.5) is 0 Å². The van der Waals surface area contributed by atoms with Crippen molar-refractivity contribution in [2.45, 2.75) is 18.9 Å². The second kappa shape index (κ2) is 7.13. The number of likely N-dealkylation sites (N-methyl/N-ethyl adjacent to an activating group) is 1. The lowest BCUT2D eigenvalue weighted by Gasteiger charge is -2.29. The average Bonchev–Trinajstić information content (AvgIpc) is 2.39. The Balaban J connectivity index is 0.00000180. The minimum absolute atomic E-state index is 0. The summed E-state index contributed by atoms with van der Waals surface area (Å²) in [5.74, 6) is -0.306. The fourth-order valence-electron chi connectivity index (χ4n) is 2.12. The average molecular weight is 280 g/mol. The molecule has 0 amide bonds. The van der Waals surface area contributed by atoms with Crippen LogP contribution in [-0.4, -0.2) is 37.1 Å². The number of piperidine rings is 1. The molecule has 0 bridgehead atoms. The highest BCUT2D eigenvalue weighted by Crippen LogP contribution is 2.14. The lowest BCUT2D eigenvalue weighted by atomic mass is 10.1. The first kappa shape index (κ1) is 15.5. The number of esters is 1. The molecule has 1 aliphatic heterocycles.